The Labute approximate surface area is 117 Å². The number of carbonyl (C=O) groups excluding carboxylic acids is 1. The molecule has 0 spiro atoms. The van der Waals surface area contributed by atoms with Crippen molar-refractivity contribution < 1.29 is 9.72 Å². The summed E-state index contributed by atoms with van der Waals surface area (Å²) in [5.74, 6) is 2.01. The van der Waals surface area contributed by atoms with Crippen LogP contribution in [-0.2, 0) is 0 Å². The summed E-state index contributed by atoms with van der Waals surface area (Å²) < 4.78 is 0. The summed E-state index contributed by atoms with van der Waals surface area (Å²) in [4.78, 5) is 22.3. The molecule has 1 N–H and O–H groups in total. The van der Waals surface area contributed by atoms with Crippen molar-refractivity contribution in [1.29, 1.82) is 0 Å². The third-order valence-electron chi connectivity index (χ3n) is 4.73. The van der Waals surface area contributed by atoms with Crippen LogP contribution in [-0.4, -0.2) is 17.4 Å². The molecule has 2 aliphatic carbocycles. The largest absolute Gasteiger partial charge is 0.352 e. The fraction of sp³-hybridized carbons (Fsp3) is 0.533. The van der Waals surface area contributed by atoms with E-state index in [4.69, 9.17) is 0 Å². The van der Waals surface area contributed by atoms with E-state index < -0.39 is 4.92 Å². The van der Waals surface area contributed by atoms with E-state index in [2.05, 4.69) is 5.32 Å². The van der Waals surface area contributed by atoms with Crippen LogP contribution < -0.4 is 5.32 Å². The van der Waals surface area contributed by atoms with Crippen LogP contribution in [0.15, 0.2) is 24.3 Å². The number of nitrogens with one attached hydrogen (secondary N) is 1. The smallest absolute Gasteiger partial charge is 0.270 e. The highest BCUT2D eigenvalue weighted by Crippen LogP contribution is 2.47. The number of nitro groups is 1. The van der Waals surface area contributed by atoms with Gasteiger partial charge in [-0.2, -0.15) is 0 Å². The van der Waals surface area contributed by atoms with Gasteiger partial charge in [-0.25, -0.2) is 0 Å². The van der Waals surface area contributed by atoms with Gasteiger partial charge in [0, 0.05) is 24.2 Å². The van der Waals surface area contributed by atoms with Gasteiger partial charge < -0.3 is 5.32 Å². The van der Waals surface area contributed by atoms with Crippen molar-refractivity contribution in [2.45, 2.75) is 25.7 Å². The van der Waals surface area contributed by atoms with E-state index in [0.717, 1.165) is 11.8 Å². The molecule has 0 aromatic heterocycles. The minimum Gasteiger partial charge on any atom is -0.352 e. The number of non-ortho nitro benzene ring substituents is 1. The fourth-order valence-electron chi connectivity index (χ4n) is 3.71. The van der Waals surface area contributed by atoms with E-state index in [-0.39, 0.29) is 11.6 Å². The number of amides is 1. The van der Waals surface area contributed by atoms with Gasteiger partial charge in [0.1, 0.15) is 0 Å². The predicted molar refractivity (Wildman–Crippen MR) is 74.4 cm³/mol. The summed E-state index contributed by atoms with van der Waals surface area (Å²) in [5, 5.41) is 13.6. The molecule has 1 aromatic rings. The monoisotopic (exact) mass is 274 g/mol. The van der Waals surface area contributed by atoms with Gasteiger partial charge in [-0.3, -0.25) is 14.9 Å². The molecule has 5 heteroatoms. The number of hydrogen-bond donors (Lipinski definition) is 1. The van der Waals surface area contributed by atoms with E-state index in [1.807, 2.05) is 0 Å². The average Bonchev–Trinajstić information content (AvgIpc) is 3.07. The molecule has 0 heterocycles. The number of carbonyl (C=O) groups is 1. The quantitative estimate of drug-likeness (QED) is 0.677. The minimum absolute atomic E-state index is 0.0439. The molecule has 3 rings (SSSR count). The molecule has 1 amide bonds. The van der Waals surface area contributed by atoms with Gasteiger partial charge in [-0.05, 0) is 43.1 Å². The highest BCUT2D eigenvalue weighted by molar-refractivity contribution is 5.94. The first kappa shape index (κ1) is 13.1. The third-order valence-corrected chi connectivity index (χ3v) is 4.73. The second kappa shape index (κ2) is 5.23. The van der Waals surface area contributed by atoms with Crippen molar-refractivity contribution in [1.82, 2.24) is 5.32 Å². The summed E-state index contributed by atoms with van der Waals surface area (Å²) in [6.45, 7) is 0.697. The van der Waals surface area contributed by atoms with Crippen LogP contribution in [0.25, 0.3) is 0 Å². The number of nitro benzene ring substituents is 1. The molecule has 0 aliphatic heterocycles. The summed E-state index contributed by atoms with van der Waals surface area (Å²) in [6, 6.07) is 5.89. The third kappa shape index (κ3) is 2.53. The number of fused-ring (bicyclic) bond motifs is 2. The summed E-state index contributed by atoms with van der Waals surface area (Å²) >= 11 is 0. The fourth-order valence-corrected chi connectivity index (χ4v) is 3.71. The first-order valence-corrected chi connectivity index (χ1v) is 7.16. The zero-order valence-electron chi connectivity index (χ0n) is 11.2. The Morgan fingerprint density at radius 3 is 2.85 bits per heavy atom. The Bertz CT molecular complexity index is 544. The van der Waals surface area contributed by atoms with Crippen molar-refractivity contribution in [2.75, 3.05) is 6.54 Å². The Morgan fingerprint density at radius 1 is 1.35 bits per heavy atom. The molecule has 2 fully saturated rings. The van der Waals surface area contributed by atoms with Gasteiger partial charge in [0.25, 0.3) is 11.6 Å². The van der Waals surface area contributed by atoms with Crippen molar-refractivity contribution >= 4 is 11.6 Å². The number of hydrogen-bond acceptors (Lipinski definition) is 3. The lowest BCUT2D eigenvalue weighted by molar-refractivity contribution is -0.384. The predicted octanol–water partition coefficient (Wildman–Crippen LogP) is 2.76. The lowest BCUT2D eigenvalue weighted by Crippen LogP contribution is -2.31. The van der Waals surface area contributed by atoms with E-state index in [9.17, 15) is 14.9 Å². The number of nitrogens with zero attached hydrogens (tertiary/aromatic N) is 1. The van der Waals surface area contributed by atoms with Crippen molar-refractivity contribution in [2.24, 2.45) is 17.8 Å². The lowest BCUT2D eigenvalue weighted by atomic mass is 9.89. The van der Waals surface area contributed by atoms with Gasteiger partial charge in [-0.1, -0.05) is 12.5 Å². The van der Waals surface area contributed by atoms with E-state index in [1.54, 1.807) is 12.1 Å². The van der Waals surface area contributed by atoms with Gasteiger partial charge in [0.05, 0.1) is 4.92 Å². The molecule has 0 saturated heterocycles. The number of rotatable bonds is 4. The first-order valence-electron chi connectivity index (χ1n) is 7.16. The highest BCUT2D eigenvalue weighted by atomic mass is 16.6. The molecule has 3 atom stereocenters. The molecule has 2 bridgehead atoms. The van der Waals surface area contributed by atoms with Gasteiger partial charge in [0.15, 0.2) is 0 Å². The van der Waals surface area contributed by atoms with E-state index in [1.165, 1.54) is 37.8 Å². The maximum atomic E-state index is 12.0. The highest BCUT2D eigenvalue weighted by Gasteiger charge is 2.39. The maximum absolute atomic E-state index is 12.0. The lowest BCUT2D eigenvalue weighted by Gasteiger charge is -2.21. The van der Waals surface area contributed by atoms with Crippen LogP contribution in [0.1, 0.15) is 36.0 Å². The molecule has 20 heavy (non-hydrogen) atoms. The van der Waals surface area contributed by atoms with Crippen molar-refractivity contribution in [3.63, 3.8) is 0 Å². The molecule has 5 nitrogen and oxygen atoms in total. The molecule has 2 aliphatic rings. The summed E-state index contributed by atoms with van der Waals surface area (Å²) in [5.41, 5.74) is 0.319. The summed E-state index contributed by atoms with van der Waals surface area (Å²) in [7, 11) is 0. The summed E-state index contributed by atoms with van der Waals surface area (Å²) in [6.07, 6.45) is 5.18. The van der Waals surface area contributed by atoms with Crippen LogP contribution in [0.2, 0.25) is 0 Å². The van der Waals surface area contributed by atoms with Crippen LogP contribution >= 0.6 is 0 Å². The van der Waals surface area contributed by atoms with Crippen molar-refractivity contribution in [3.8, 4) is 0 Å². The van der Waals surface area contributed by atoms with Gasteiger partial charge >= 0.3 is 0 Å². The van der Waals surface area contributed by atoms with E-state index in [0.29, 0.717) is 18.0 Å². The molecule has 0 radical (unpaired) electrons. The van der Waals surface area contributed by atoms with Gasteiger partial charge in [0.2, 0.25) is 0 Å². The van der Waals surface area contributed by atoms with Crippen molar-refractivity contribution in [3.05, 3.63) is 39.9 Å². The maximum Gasteiger partial charge on any atom is 0.270 e. The zero-order chi connectivity index (χ0) is 14.1. The molecular formula is C15H18N2O3. The van der Waals surface area contributed by atoms with Crippen LogP contribution in [0.3, 0.4) is 0 Å². The SMILES string of the molecule is O=C(NC[C@@H]1C[C@H]2CC[C@@H]1C2)c1cccc([N+](=O)[O-])c1. The van der Waals surface area contributed by atoms with Crippen LogP contribution in [0.5, 0.6) is 0 Å². The first-order chi connectivity index (χ1) is 9.63. The topological polar surface area (TPSA) is 72.2 Å². The second-order valence-corrected chi connectivity index (χ2v) is 5.95. The molecule has 0 unspecified atom stereocenters. The molecule has 106 valence electrons. The normalized spacial score (nSPS) is 27.5. The Kier molecular flexibility index (Phi) is 3.42. The Morgan fingerprint density at radius 2 is 2.20 bits per heavy atom. The van der Waals surface area contributed by atoms with Crippen LogP contribution in [0, 0.1) is 27.9 Å². The number of benzene rings is 1. The van der Waals surface area contributed by atoms with Gasteiger partial charge in [-0.15, -0.1) is 0 Å². The Balaban J connectivity index is 1.59. The van der Waals surface area contributed by atoms with E-state index >= 15 is 0 Å². The molecule has 2 saturated carbocycles. The molecule has 1 aromatic carbocycles. The molecular weight excluding hydrogens is 256 g/mol. The Hall–Kier alpha value is -1.91. The zero-order valence-corrected chi connectivity index (χ0v) is 11.2. The average molecular weight is 274 g/mol. The minimum atomic E-state index is -0.479. The van der Waals surface area contributed by atoms with Crippen LogP contribution in [0.4, 0.5) is 5.69 Å². The standard InChI is InChI=1S/C15H18N2O3/c18-15(12-2-1-3-14(8-12)17(19)20)16-9-13-7-10-4-5-11(13)6-10/h1-3,8,10-11,13H,4-7,9H2,(H,16,18)/t10-,11+,13-/m0/s1. The second-order valence-electron chi connectivity index (χ2n) is 5.95.